The van der Waals surface area contributed by atoms with Gasteiger partial charge in [-0.25, -0.2) is 5.84 Å². The van der Waals surface area contributed by atoms with Gasteiger partial charge in [-0.3, -0.25) is 14.9 Å². The van der Waals surface area contributed by atoms with E-state index >= 15 is 0 Å². The van der Waals surface area contributed by atoms with Crippen LogP contribution in [0.3, 0.4) is 0 Å². The molecule has 78 valence electrons. The minimum Gasteiger partial charge on any atom is -0.294 e. The largest absolute Gasteiger partial charge is 0.294 e. The first-order chi connectivity index (χ1) is 6.54. The number of amides is 1. The average Bonchev–Trinajstić information content (AvgIpc) is 2.45. The maximum atomic E-state index is 11.0. The number of aromatic nitrogens is 2. The number of hydrazine groups is 1. The second-order valence-corrected chi connectivity index (χ2v) is 3.49. The molecule has 1 aromatic heterocycles. The zero-order chi connectivity index (χ0) is 10.7. The standard InChI is InChI=1S/C9H16N4O/c1-6-4-7(2)13(12-6)8(3)5-9(14)11-10/h4,8H,5,10H2,1-3H3,(H,11,14)/t8-/m1/s1. The van der Waals surface area contributed by atoms with Crippen LogP contribution < -0.4 is 11.3 Å². The summed E-state index contributed by atoms with van der Waals surface area (Å²) in [4.78, 5) is 11.0. The van der Waals surface area contributed by atoms with E-state index in [0.29, 0.717) is 6.42 Å². The molecule has 0 saturated heterocycles. The van der Waals surface area contributed by atoms with E-state index in [9.17, 15) is 4.79 Å². The van der Waals surface area contributed by atoms with Gasteiger partial charge in [0.2, 0.25) is 5.91 Å². The third kappa shape index (κ3) is 2.32. The van der Waals surface area contributed by atoms with Crippen LogP contribution in [-0.4, -0.2) is 15.7 Å². The molecule has 1 amide bonds. The van der Waals surface area contributed by atoms with Gasteiger partial charge in [-0.1, -0.05) is 0 Å². The topological polar surface area (TPSA) is 72.9 Å². The van der Waals surface area contributed by atoms with Crippen molar-refractivity contribution in [1.82, 2.24) is 15.2 Å². The molecule has 5 heteroatoms. The molecule has 0 radical (unpaired) electrons. The smallest absolute Gasteiger partial charge is 0.236 e. The SMILES string of the molecule is Cc1cc(C)n([C@H](C)CC(=O)NN)n1. The van der Waals surface area contributed by atoms with Crippen molar-refractivity contribution in [3.63, 3.8) is 0 Å². The van der Waals surface area contributed by atoms with Gasteiger partial charge in [-0.15, -0.1) is 0 Å². The predicted molar refractivity (Wildman–Crippen MR) is 53.4 cm³/mol. The maximum absolute atomic E-state index is 11.0. The van der Waals surface area contributed by atoms with Gasteiger partial charge in [-0.2, -0.15) is 5.10 Å². The molecule has 0 aromatic carbocycles. The summed E-state index contributed by atoms with van der Waals surface area (Å²) in [6.45, 7) is 5.84. The summed E-state index contributed by atoms with van der Waals surface area (Å²) in [6, 6.07) is 2.02. The van der Waals surface area contributed by atoms with E-state index < -0.39 is 0 Å². The fourth-order valence-corrected chi connectivity index (χ4v) is 1.51. The molecular formula is C9H16N4O. The van der Waals surface area contributed by atoms with Crippen molar-refractivity contribution in [2.75, 3.05) is 0 Å². The third-order valence-corrected chi connectivity index (χ3v) is 2.10. The number of aryl methyl sites for hydroxylation is 2. The fraction of sp³-hybridized carbons (Fsp3) is 0.556. The average molecular weight is 196 g/mol. The summed E-state index contributed by atoms with van der Waals surface area (Å²) < 4.78 is 1.84. The quantitative estimate of drug-likeness (QED) is 0.418. The molecule has 0 aliphatic rings. The van der Waals surface area contributed by atoms with Crippen molar-refractivity contribution in [3.05, 3.63) is 17.5 Å². The molecule has 0 aliphatic carbocycles. The number of rotatable bonds is 3. The molecule has 0 unspecified atom stereocenters. The van der Waals surface area contributed by atoms with Crippen molar-refractivity contribution >= 4 is 5.91 Å². The van der Waals surface area contributed by atoms with Crippen LogP contribution in [-0.2, 0) is 4.79 Å². The Balaban J connectivity index is 2.73. The van der Waals surface area contributed by atoms with Gasteiger partial charge in [0.25, 0.3) is 0 Å². The third-order valence-electron chi connectivity index (χ3n) is 2.10. The van der Waals surface area contributed by atoms with Crippen molar-refractivity contribution in [1.29, 1.82) is 0 Å². The zero-order valence-electron chi connectivity index (χ0n) is 8.74. The Morgan fingerprint density at radius 1 is 1.71 bits per heavy atom. The second-order valence-electron chi connectivity index (χ2n) is 3.49. The van der Waals surface area contributed by atoms with E-state index in [4.69, 9.17) is 5.84 Å². The first kappa shape index (κ1) is 10.7. The fourth-order valence-electron chi connectivity index (χ4n) is 1.51. The molecular weight excluding hydrogens is 180 g/mol. The van der Waals surface area contributed by atoms with Gasteiger partial charge in [-0.05, 0) is 26.8 Å². The van der Waals surface area contributed by atoms with Gasteiger partial charge in [0.1, 0.15) is 0 Å². The highest BCUT2D eigenvalue weighted by Crippen LogP contribution is 2.13. The van der Waals surface area contributed by atoms with E-state index in [1.165, 1.54) is 0 Å². The summed E-state index contributed by atoms with van der Waals surface area (Å²) in [5.41, 5.74) is 4.13. The summed E-state index contributed by atoms with van der Waals surface area (Å²) in [5, 5.41) is 4.29. The van der Waals surface area contributed by atoms with E-state index in [1.54, 1.807) is 0 Å². The molecule has 0 spiro atoms. The first-order valence-electron chi connectivity index (χ1n) is 4.56. The van der Waals surface area contributed by atoms with Crippen LogP contribution >= 0.6 is 0 Å². The molecule has 0 bridgehead atoms. The highest BCUT2D eigenvalue weighted by molar-refractivity contribution is 5.75. The Morgan fingerprint density at radius 3 is 2.79 bits per heavy atom. The number of nitrogens with zero attached hydrogens (tertiary/aromatic N) is 2. The van der Waals surface area contributed by atoms with Crippen LogP contribution in [0, 0.1) is 13.8 Å². The molecule has 1 atom stereocenters. The first-order valence-corrected chi connectivity index (χ1v) is 4.56. The van der Waals surface area contributed by atoms with Gasteiger partial charge in [0.15, 0.2) is 0 Å². The summed E-state index contributed by atoms with van der Waals surface area (Å²) in [7, 11) is 0. The van der Waals surface area contributed by atoms with Gasteiger partial charge in [0, 0.05) is 5.69 Å². The number of nitrogens with one attached hydrogen (secondary N) is 1. The van der Waals surface area contributed by atoms with Crippen molar-refractivity contribution in [2.45, 2.75) is 33.2 Å². The van der Waals surface area contributed by atoms with Crippen LogP contribution in [0.5, 0.6) is 0 Å². The maximum Gasteiger partial charge on any atom is 0.236 e. The highest BCUT2D eigenvalue weighted by atomic mass is 16.2. The second kappa shape index (κ2) is 4.23. The van der Waals surface area contributed by atoms with Crippen LogP contribution in [0.25, 0.3) is 0 Å². The van der Waals surface area contributed by atoms with Crippen LogP contribution in [0.4, 0.5) is 0 Å². The van der Waals surface area contributed by atoms with Crippen molar-refractivity contribution < 1.29 is 4.79 Å². The number of carbonyl (C=O) groups excluding carboxylic acids is 1. The summed E-state index contributed by atoms with van der Waals surface area (Å²) in [6.07, 6.45) is 0.346. The lowest BCUT2D eigenvalue weighted by Crippen LogP contribution is -2.31. The Kier molecular flexibility index (Phi) is 3.24. The normalized spacial score (nSPS) is 12.6. The van der Waals surface area contributed by atoms with Crippen molar-refractivity contribution in [3.8, 4) is 0 Å². The van der Waals surface area contributed by atoms with Gasteiger partial charge >= 0.3 is 0 Å². The lowest BCUT2D eigenvalue weighted by Gasteiger charge is -2.12. The lowest BCUT2D eigenvalue weighted by atomic mass is 10.2. The molecule has 1 heterocycles. The van der Waals surface area contributed by atoms with Gasteiger partial charge < -0.3 is 0 Å². The van der Waals surface area contributed by atoms with Crippen LogP contribution in [0.2, 0.25) is 0 Å². The van der Waals surface area contributed by atoms with E-state index in [0.717, 1.165) is 11.4 Å². The molecule has 0 fully saturated rings. The lowest BCUT2D eigenvalue weighted by molar-refractivity contribution is -0.121. The molecule has 0 aliphatic heterocycles. The zero-order valence-corrected chi connectivity index (χ0v) is 8.74. The molecule has 5 nitrogen and oxygen atoms in total. The summed E-state index contributed by atoms with van der Waals surface area (Å²) in [5.74, 6) is 4.84. The Bertz CT molecular complexity index is 332. The monoisotopic (exact) mass is 196 g/mol. The predicted octanol–water partition coefficient (Wildman–Crippen LogP) is 0.441. The molecule has 1 rings (SSSR count). The van der Waals surface area contributed by atoms with Crippen LogP contribution in [0.1, 0.15) is 30.8 Å². The Labute approximate surface area is 83.2 Å². The van der Waals surface area contributed by atoms with E-state index in [2.05, 4.69) is 10.5 Å². The van der Waals surface area contributed by atoms with Crippen LogP contribution in [0.15, 0.2) is 6.07 Å². The number of hydrogen-bond donors (Lipinski definition) is 2. The summed E-state index contributed by atoms with van der Waals surface area (Å²) >= 11 is 0. The number of hydrogen-bond acceptors (Lipinski definition) is 3. The molecule has 1 aromatic rings. The van der Waals surface area contributed by atoms with E-state index in [-0.39, 0.29) is 11.9 Å². The number of nitrogens with two attached hydrogens (primary N) is 1. The van der Waals surface area contributed by atoms with Gasteiger partial charge in [0.05, 0.1) is 18.2 Å². The number of carbonyl (C=O) groups is 1. The van der Waals surface area contributed by atoms with Crippen molar-refractivity contribution in [2.24, 2.45) is 5.84 Å². The Hall–Kier alpha value is -1.36. The molecule has 14 heavy (non-hydrogen) atoms. The highest BCUT2D eigenvalue weighted by Gasteiger charge is 2.12. The molecule has 0 saturated carbocycles. The minimum atomic E-state index is -0.176. The van der Waals surface area contributed by atoms with E-state index in [1.807, 2.05) is 31.5 Å². The minimum absolute atomic E-state index is 0.0345. The molecule has 3 N–H and O–H groups in total. The Morgan fingerprint density at radius 2 is 2.36 bits per heavy atom.